The third-order valence-corrected chi connectivity index (χ3v) is 1.03. The Bertz CT molecular complexity index is 195. The molecule has 4 heteroatoms. The zero-order valence-electron chi connectivity index (χ0n) is 7.25. The molecule has 0 bridgehead atoms. The maximum Gasteiger partial charge on any atom is 0.373 e. The maximum atomic E-state index is 10.8. The van der Waals surface area contributed by atoms with Crippen LogP contribution in [0.5, 0.6) is 0 Å². The average Bonchev–Trinajstić information content (AvgIpc) is 2.04. The monoisotopic (exact) mass is 172 g/mol. The fourth-order valence-electron chi connectivity index (χ4n) is 0.463. The van der Waals surface area contributed by atoms with Gasteiger partial charge in [0.15, 0.2) is 0 Å². The van der Waals surface area contributed by atoms with Crippen molar-refractivity contribution in [2.24, 2.45) is 0 Å². The van der Waals surface area contributed by atoms with Crippen LogP contribution < -0.4 is 0 Å². The Labute approximate surface area is 71.2 Å². The van der Waals surface area contributed by atoms with E-state index in [1.54, 1.807) is 13.8 Å². The minimum absolute atomic E-state index is 0.207. The second-order valence-electron chi connectivity index (χ2n) is 1.97. The third kappa shape index (κ3) is 3.75. The van der Waals surface area contributed by atoms with Crippen LogP contribution in [0.3, 0.4) is 0 Å². The average molecular weight is 172 g/mol. The molecule has 4 nitrogen and oxygen atoms in total. The summed E-state index contributed by atoms with van der Waals surface area (Å²) in [5, 5.41) is 0. The second kappa shape index (κ2) is 5.35. The van der Waals surface area contributed by atoms with Crippen LogP contribution in [-0.2, 0) is 19.1 Å². The summed E-state index contributed by atoms with van der Waals surface area (Å²) >= 11 is 0. The fraction of sp³-hybridized carbons (Fsp3) is 0.500. The summed E-state index contributed by atoms with van der Waals surface area (Å²) in [7, 11) is 0. The molecule has 0 heterocycles. The van der Waals surface area contributed by atoms with Crippen molar-refractivity contribution < 1.29 is 19.1 Å². The molecule has 0 atom stereocenters. The van der Waals surface area contributed by atoms with Gasteiger partial charge in [0.2, 0.25) is 5.76 Å². The summed E-state index contributed by atoms with van der Waals surface area (Å²) in [4.78, 5) is 21.4. The molecule has 0 amide bonds. The number of carbonyl (C=O) groups is 2. The summed E-state index contributed by atoms with van der Waals surface area (Å²) in [6.07, 6.45) is 0.207. The van der Waals surface area contributed by atoms with E-state index in [1.807, 2.05) is 0 Å². The minimum Gasteiger partial charge on any atom is -0.460 e. The Morgan fingerprint density at radius 3 is 2.33 bits per heavy atom. The standard InChI is InChI=1S/C8H12O4/c1-4-7(9)12-6(3)8(10)11-5-2/h3-5H2,1-2H3. The van der Waals surface area contributed by atoms with E-state index in [1.165, 1.54) is 0 Å². The highest BCUT2D eigenvalue weighted by molar-refractivity contribution is 5.88. The first kappa shape index (κ1) is 10.7. The van der Waals surface area contributed by atoms with E-state index >= 15 is 0 Å². The summed E-state index contributed by atoms with van der Waals surface area (Å²) in [5.41, 5.74) is 0. The van der Waals surface area contributed by atoms with Crippen LogP contribution in [0.2, 0.25) is 0 Å². The molecule has 0 aliphatic heterocycles. The van der Waals surface area contributed by atoms with Crippen LogP contribution in [0.4, 0.5) is 0 Å². The van der Waals surface area contributed by atoms with Crippen LogP contribution >= 0.6 is 0 Å². The molecule has 0 aliphatic carbocycles. The third-order valence-electron chi connectivity index (χ3n) is 1.03. The highest BCUT2D eigenvalue weighted by atomic mass is 16.6. The molecule has 68 valence electrons. The van der Waals surface area contributed by atoms with E-state index in [0.717, 1.165) is 0 Å². The zero-order valence-corrected chi connectivity index (χ0v) is 7.25. The van der Waals surface area contributed by atoms with Gasteiger partial charge in [-0.1, -0.05) is 6.92 Å². The van der Waals surface area contributed by atoms with Crippen molar-refractivity contribution in [2.75, 3.05) is 6.61 Å². The second-order valence-corrected chi connectivity index (χ2v) is 1.97. The lowest BCUT2D eigenvalue weighted by molar-refractivity contribution is -0.150. The molecule has 0 aromatic rings. The number of ether oxygens (including phenoxy) is 2. The van der Waals surface area contributed by atoms with E-state index < -0.39 is 11.9 Å². The van der Waals surface area contributed by atoms with Crippen LogP contribution in [0.15, 0.2) is 12.3 Å². The Morgan fingerprint density at radius 2 is 1.92 bits per heavy atom. The quantitative estimate of drug-likeness (QED) is 0.361. The normalized spacial score (nSPS) is 8.83. The van der Waals surface area contributed by atoms with Gasteiger partial charge in [-0.2, -0.15) is 0 Å². The highest BCUT2D eigenvalue weighted by Gasteiger charge is 2.11. The molecule has 0 aromatic heterocycles. The Morgan fingerprint density at radius 1 is 1.33 bits per heavy atom. The largest absolute Gasteiger partial charge is 0.460 e. The van der Waals surface area contributed by atoms with Crippen molar-refractivity contribution >= 4 is 11.9 Å². The summed E-state index contributed by atoms with van der Waals surface area (Å²) in [5.74, 6) is -1.45. The van der Waals surface area contributed by atoms with E-state index in [4.69, 9.17) is 0 Å². The van der Waals surface area contributed by atoms with E-state index in [0.29, 0.717) is 0 Å². The number of hydrogen-bond acceptors (Lipinski definition) is 4. The van der Waals surface area contributed by atoms with Crippen molar-refractivity contribution in [1.82, 2.24) is 0 Å². The molecular weight excluding hydrogens is 160 g/mol. The molecule has 0 saturated carbocycles. The maximum absolute atomic E-state index is 10.8. The van der Waals surface area contributed by atoms with Crippen LogP contribution in [0, 0.1) is 0 Å². The molecule has 0 saturated heterocycles. The van der Waals surface area contributed by atoms with Gasteiger partial charge < -0.3 is 9.47 Å². The molecule has 0 aliphatic rings. The number of carbonyl (C=O) groups excluding carboxylic acids is 2. The van der Waals surface area contributed by atoms with Crippen LogP contribution in [0.1, 0.15) is 20.3 Å². The number of rotatable bonds is 4. The van der Waals surface area contributed by atoms with Gasteiger partial charge in [0.25, 0.3) is 0 Å². The molecule has 0 radical (unpaired) electrons. The molecule has 12 heavy (non-hydrogen) atoms. The van der Waals surface area contributed by atoms with Gasteiger partial charge in [-0.25, -0.2) is 4.79 Å². The predicted molar refractivity (Wildman–Crippen MR) is 42.2 cm³/mol. The molecule has 0 spiro atoms. The van der Waals surface area contributed by atoms with Gasteiger partial charge in [0.05, 0.1) is 6.61 Å². The van der Waals surface area contributed by atoms with Crippen molar-refractivity contribution in [3.05, 3.63) is 12.3 Å². The molecule has 0 N–H and O–H groups in total. The van der Waals surface area contributed by atoms with E-state index in [-0.39, 0.29) is 18.8 Å². The number of esters is 2. The van der Waals surface area contributed by atoms with Gasteiger partial charge in [-0.3, -0.25) is 4.79 Å². The first-order valence-electron chi connectivity index (χ1n) is 3.68. The van der Waals surface area contributed by atoms with E-state index in [9.17, 15) is 9.59 Å². The molecule has 0 fully saturated rings. The number of hydrogen-bond donors (Lipinski definition) is 0. The van der Waals surface area contributed by atoms with Crippen molar-refractivity contribution in [1.29, 1.82) is 0 Å². The molecule has 0 unspecified atom stereocenters. The van der Waals surface area contributed by atoms with Crippen LogP contribution in [-0.4, -0.2) is 18.5 Å². The van der Waals surface area contributed by atoms with Gasteiger partial charge in [0.1, 0.15) is 0 Å². The lowest BCUT2D eigenvalue weighted by Crippen LogP contribution is -2.12. The van der Waals surface area contributed by atoms with Gasteiger partial charge in [0, 0.05) is 6.42 Å². The lowest BCUT2D eigenvalue weighted by atomic mass is 10.5. The highest BCUT2D eigenvalue weighted by Crippen LogP contribution is 1.99. The predicted octanol–water partition coefficient (Wildman–Crippen LogP) is 1.02. The smallest absolute Gasteiger partial charge is 0.373 e. The summed E-state index contributed by atoms with van der Waals surface area (Å²) < 4.78 is 9.04. The van der Waals surface area contributed by atoms with Gasteiger partial charge in [-0.05, 0) is 13.5 Å². The lowest BCUT2D eigenvalue weighted by Gasteiger charge is -2.04. The van der Waals surface area contributed by atoms with Gasteiger partial charge >= 0.3 is 11.9 Å². The Hall–Kier alpha value is -1.32. The van der Waals surface area contributed by atoms with Crippen LogP contribution in [0.25, 0.3) is 0 Å². The SMILES string of the molecule is C=C(OC(=O)CC)C(=O)OCC. The molecule has 0 aromatic carbocycles. The molecule has 0 rings (SSSR count). The Kier molecular flexibility index (Phi) is 4.76. The van der Waals surface area contributed by atoms with E-state index in [2.05, 4.69) is 16.1 Å². The Balaban J connectivity index is 3.87. The molecular formula is C8H12O4. The minimum atomic E-state index is -0.695. The first-order valence-corrected chi connectivity index (χ1v) is 3.68. The topological polar surface area (TPSA) is 52.6 Å². The van der Waals surface area contributed by atoms with Crippen molar-refractivity contribution in [3.63, 3.8) is 0 Å². The summed E-state index contributed by atoms with van der Waals surface area (Å²) in [6, 6.07) is 0. The fourth-order valence-corrected chi connectivity index (χ4v) is 0.463. The zero-order chi connectivity index (χ0) is 9.56. The van der Waals surface area contributed by atoms with Crippen molar-refractivity contribution in [3.8, 4) is 0 Å². The van der Waals surface area contributed by atoms with Gasteiger partial charge in [-0.15, -0.1) is 0 Å². The summed E-state index contributed by atoms with van der Waals surface area (Å²) in [6.45, 7) is 6.77. The van der Waals surface area contributed by atoms with Crippen molar-refractivity contribution in [2.45, 2.75) is 20.3 Å². The first-order chi connectivity index (χ1) is 5.61.